The van der Waals surface area contributed by atoms with Gasteiger partial charge in [-0.15, -0.1) is 0 Å². The quantitative estimate of drug-likeness (QED) is 0.113. The van der Waals surface area contributed by atoms with Gasteiger partial charge >= 0.3 is 10.9 Å². The van der Waals surface area contributed by atoms with Gasteiger partial charge in [-0.3, -0.25) is 31.4 Å². The molecule has 0 atom stereocenters. The lowest BCUT2D eigenvalue weighted by Crippen LogP contribution is -2.68. The maximum absolute atomic E-state index is 11.5. The van der Waals surface area contributed by atoms with Crippen molar-refractivity contribution in [2.24, 2.45) is 10.8 Å². The van der Waals surface area contributed by atoms with Gasteiger partial charge in [-0.1, -0.05) is 65.7 Å². The third-order valence-electron chi connectivity index (χ3n) is 5.36. The number of rotatable bonds is 8. The van der Waals surface area contributed by atoms with Crippen LogP contribution >= 0.6 is 35.0 Å². The Morgan fingerprint density at radius 1 is 0.947 bits per heavy atom. The zero-order valence-electron chi connectivity index (χ0n) is 19.4. The van der Waals surface area contributed by atoms with Crippen LogP contribution in [0.2, 0.25) is 10.0 Å². The van der Waals surface area contributed by atoms with Crippen molar-refractivity contribution in [3.05, 3.63) is 115 Å². The van der Waals surface area contributed by atoms with Crippen LogP contribution < -0.4 is 16.2 Å². The summed E-state index contributed by atoms with van der Waals surface area (Å²) in [5, 5.41) is 30.0. The van der Waals surface area contributed by atoms with Crippen LogP contribution in [-0.2, 0) is 0 Å². The maximum Gasteiger partial charge on any atom is 0.307 e. The smallest absolute Gasteiger partial charge is 0.281 e. The van der Waals surface area contributed by atoms with Gasteiger partial charge in [0.15, 0.2) is 0 Å². The average molecular weight is 570 g/mol. The second-order valence-electron chi connectivity index (χ2n) is 7.82. The first-order chi connectivity index (χ1) is 18.2. The Kier molecular flexibility index (Phi) is 8.41. The minimum atomic E-state index is -0.724. The van der Waals surface area contributed by atoms with E-state index in [9.17, 15) is 20.2 Å². The SMILES string of the molecule is NC(=[NH+]c1cccc2ccccc12)SC/C(=N\Nc1ccc([N+](=O)[O-])cc1[N+](=O)[O-])c1ccc(Cl)c(Cl)c1. The lowest BCUT2D eigenvalue weighted by Gasteiger charge is -2.09. The van der Waals surface area contributed by atoms with Crippen molar-refractivity contribution in [3.8, 4) is 0 Å². The van der Waals surface area contributed by atoms with Gasteiger partial charge in [-0.25, -0.2) is 4.99 Å². The van der Waals surface area contributed by atoms with E-state index < -0.39 is 21.2 Å². The fraction of sp³-hybridized carbons (Fsp3) is 0.0400. The van der Waals surface area contributed by atoms with E-state index >= 15 is 0 Å². The lowest BCUT2D eigenvalue weighted by atomic mass is 10.1. The van der Waals surface area contributed by atoms with Crippen molar-refractivity contribution in [1.29, 1.82) is 0 Å². The van der Waals surface area contributed by atoms with Crippen molar-refractivity contribution >= 4 is 79.4 Å². The van der Waals surface area contributed by atoms with Gasteiger partial charge in [0.25, 0.3) is 5.69 Å². The molecular formula is C25H19Cl2N6O4S+. The van der Waals surface area contributed by atoms with E-state index in [4.69, 9.17) is 28.9 Å². The van der Waals surface area contributed by atoms with Crippen LogP contribution in [0, 0.1) is 20.2 Å². The zero-order chi connectivity index (χ0) is 27.2. The number of nitrogens with zero attached hydrogens (tertiary/aromatic N) is 3. The van der Waals surface area contributed by atoms with Gasteiger partial charge < -0.3 is 0 Å². The number of nitrogens with one attached hydrogen (secondary N) is 2. The molecule has 0 aromatic heterocycles. The van der Waals surface area contributed by atoms with E-state index in [0.717, 1.165) is 28.6 Å². The van der Waals surface area contributed by atoms with E-state index in [-0.39, 0.29) is 11.4 Å². The number of amidine groups is 1. The predicted molar refractivity (Wildman–Crippen MR) is 153 cm³/mol. The van der Waals surface area contributed by atoms with Gasteiger partial charge in [0.05, 0.1) is 37.4 Å². The number of hydrogen-bond acceptors (Lipinski definition) is 7. The molecule has 38 heavy (non-hydrogen) atoms. The molecule has 0 amide bonds. The number of nitro benzene ring substituents is 2. The number of thioether (sulfide) groups is 1. The summed E-state index contributed by atoms with van der Waals surface area (Å²) in [4.78, 5) is 24.3. The molecule has 0 heterocycles. The average Bonchev–Trinajstić information content (AvgIpc) is 2.90. The summed E-state index contributed by atoms with van der Waals surface area (Å²) in [7, 11) is 0. The molecule has 0 radical (unpaired) electrons. The fourth-order valence-electron chi connectivity index (χ4n) is 3.51. The standard InChI is InChI=1S/C25H18Cl2N6O4S/c26-19-10-8-16(12-20(19)27)23(31-30-22-11-9-17(32(34)35)13-24(22)33(36)37)14-38-25(28)29-21-7-3-5-15-4-1-2-6-18(15)21/h1-13,30H,14H2,(H2,28,29)/p+1/b31-23+. The first-order valence-corrected chi connectivity index (χ1v) is 12.7. The first-order valence-electron chi connectivity index (χ1n) is 10.9. The summed E-state index contributed by atoms with van der Waals surface area (Å²) < 4.78 is 0. The third kappa shape index (κ3) is 6.38. The van der Waals surface area contributed by atoms with Crippen molar-refractivity contribution in [3.63, 3.8) is 0 Å². The molecule has 0 saturated carbocycles. The Labute approximate surface area is 230 Å². The minimum absolute atomic E-state index is 0.0195. The fourth-order valence-corrected chi connectivity index (χ4v) is 4.52. The molecule has 192 valence electrons. The number of hydrazone groups is 1. The van der Waals surface area contributed by atoms with Crippen molar-refractivity contribution in [2.45, 2.75) is 0 Å². The van der Waals surface area contributed by atoms with Gasteiger partial charge in [0.2, 0.25) is 0 Å². The second kappa shape index (κ2) is 11.9. The van der Waals surface area contributed by atoms with Crippen LogP contribution in [0.5, 0.6) is 0 Å². The number of nitrogens with two attached hydrogens (primary N) is 1. The number of anilines is 1. The van der Waals surface area contributed by atoms with Gasteiger partial charge in [-0.2, -0.15) is 5.10 Å². The van der Waals surface area contributed by atoms with Crippen molar-refractivity contribution < 1.29 is 14.8 Å². The monoisotopic (exact) mass is 569 g/mol. The highest BCUT2D eigenvalue weighted by atomic mass is 35.5. The predicted octanol–water partition coefficient (Wildman–Crippen LogP) is 5.24. The summed E-state index contributed by atoms with van der Waals surface area (Å²) in [6.07, 6.45) is 0. The molecule has 4 rings (SSSR count). The molecule has 0 spiro atoms. The van der Waals surface area contributed by atoms with Crippen LogP contribution in [0.15, 0.2) is 84.0 Å². The number of hydrogen-bond donors (Lipinski definition) is 3. The molecule has 4 aromatic rings. The molecule has 0 aliphatic rings. The van der Waals surface area contributed by atoms with E-state index in [1.54, 1.807) is 18.2 Å². The van der Waals surface area contributed by atoms with Crippen LogP contribution in [0.25, 0.3) is 10.8 Å². The molecule has 0 saturated heterocycles. The molecule has 0 bridgehead atoms. The number of halogens is 2. The summed E-state index contributed by atoms with van der Waals surface area (Å²) in [5.74, 6) is 0.245. The van der Waals surface area contributed by atoms with E-state index in [1.165, 1.54) is 17.8 Å². The number of non-ortho nitro benzene ring substituents is 1. The molecule has 0 aliphatic carbocycles. The first kappa shape index (κ1) is 26.9. The highest BCUT2D eigenvalue weighted by Crippen LogP contribution is 2.29. The third-order valence-corrected chi connectivity index (χ3v) is 6.93. The van der Waals surface area contributed by atoms with Crippen molar-refractivity contribution in [1.82, 2.24) is 0 Å². The Bertz CT molecular complexity index is 1610. The minimum Gasteiger partial charge on any atom is -0.281 e. The molecule has 0 unspecified atom stereocenters. The van der Waals surface area contributed by atoms with Gasteiger partial charge in [0, 0.05) is 17.0 Å². The van der Waals surface area contributed by atoms with E-state index in [2.05, 4.69) is 15.5 Å². The number of nitro groups is 2. The Balaban J connectivity index is 1.64. The van der Waals surface area contributed by atoms with E-state index in [1.807, 2.05) is 42.5 Å². The molecule has 10 nitrogen and oxygen atoms in total. The Morgan fingerprint density at radius 3 is 2.45 bits per heavy atom. The van der Waals surface area contributed by atoms with E-state index in [0.29, 0.717) is 26.5 Å². The van der Waals surface area contributed by atoms with Crippen molar-refractivity contribution in [2.75, 3.05) is 11.2 Å². The number of fused-ring (bicyclic) bond motifs is 1. The van der Waals surface area contributed by atoms with Gasteiger partial charge in [0.1, 0.15) is 11.4 Å². The highest BCUT2D eigenvalue weighted by Gasteiger charge is 2.20. The Morgan fingerprint density at radius 2 is 1.71 bits per heavy atom. The molecule has 0 fully saturated rings. The summed E-state index contributed by atoms with van der Waals surface area (Å²) in [6, 6.07) is 21.9. The van der Waals surface area contributed by atoms with Crippen LogP contribution in [0.3, 0.4) is 0 Å². The molecule has 4 aromatic carbocycles. The van der Waals surface area contributed by atoms with Crippen LogP contribution in [0.4, 0.5) is 22.7 Å². The Hall–Kier alpha value is -4.19. The number of benzene rings is 4. The highest BCUT2D eigenvalue weighted by molar-refractivity contribution is 8.14. The maximum atomic E-state index is 11.5. The molecule has 0 aliphatic heterocycles. The van der Waals surface area contributed by atoms with Gasteiger partial charge in [-0.05, 0) is 41.4 Å². The molecular weight excluding hydrogens is 551 g/mol. The normalized spacial score (nSPS) is 11.9. The summed E-state index contributed by atoms with van der Waals surface area (Å²) in [5.41, 5.74) is 9.90. The topological polar surface area (TPSA) is 151 Å². The summed E-state index contributed by atoms with van der Waals surface area (Å²) >= 11 is 13.5. The molecule has 13 heteroatoms. The lowest BCUT2D eigenvalue weighted by molar-refractivity contribution is -0.393. The summed E-state index contributed by atoms with van der Waals surface area (Å²) in [6.45, 7) is 0. The molecule has 4 N–H and O–H groups in total. The van der Waals surface area contributed by atoms with Crippen LogP contribution in [-0.4, -0.2) is 26.5 Å². The second-order valence-corrected chi connectivity index (χ2v) is 9.65. The largest absolute Gasteiger partial charge is 0.307 e. The van der Waals surface area contributed by atoms with Crippen LogP contribution in [0.1, 0.15) is 5.56 Å². The zero-order valence-corrected chi connectivity index (χ0v) is 21.8.